The number of amides is 3. The van der Waals surface area contributed by atoms with E-state index < -0.39 is 23.8 Å². The first-order valence-electron chi connectivity index (χ1n) is 14.1. The van der Waals surface area contributed by atoms with Gasteiger partial charge >= 0.3 is 6.09 Å². The van der Waals surface area contributed by atoms with E-state index in [0.717, 1.165) is 61.6 Å². The zero-order valence-electron chi connectivity index (χ0n) is 24.9. The Balaban J connectivity index is 3.47. The monoisotopic (exact) mass is 549 g/mol. The second kappa shape index (κ2) is 16.7. The van der Waals surface area contributed by atoms with Crippen LogP contribution in [0.25, 0.3) is 0 Å². The molecular weight excluding hydrogens is 498 g/mol. The molecule has 0 saturated carbocycles. The zero-order valence-corrected chi connectivity index (χ0v) is 25.7. The molecule has 216 valence electrons. The first kappa shape index (κ1) is 33.8. The van der Waals surface area contributed by atoms with E-state index in [1.54, 1.807) is 25.7 Å². The molecule has 0 aliphatic rings. The van der Waals surface area contributed by atoms with Crippen LogP contribution in [0.1, 0.15) is 109 Å². The molecule has 38 heavy (non-hydrogen) atoms. The van der Waals surface area contributed by atoms with E-state index in [2.05, 4.69) is 37.1 Å². The molecule has 0 heterocycles. The Morgan fingerprint density at radius 2 is 1.66 bits per heavy atom. The molecule has 0 fully saturated rings. The smallest absolute Gasteiger partial charge is 0.408 e. The van der Waals surface area contributed by atoms with Gasteiger partial charge in [-0.3, -0.25) is 9.59 Å². The maximum atomic E-state index is 14.0. The van der Waals surface area contributed by atoms with Crippen molar-refractivity contribution in [3.63, 3.8) is 0 Å². The van der Waals surface area contributed by atoms with Crippen molar-refractivity contribution in [2.24, 2.45) is 0 Å². The summed E-state index contributed by atoms with van der Waals surface area (Å²) in [6, 6.07) is 4.19. The van der Waals surface area contributed by atoms with Crippen LogP contribution >= 0.6 is 12.6 Å². The molecule has 0 radical (unpaired) electrons. The number of thiol groups is 1. The lowest BCUT2D eigenvalue weighted by Crippen LogP contribution is -2.54. The molecule has 1 rings (SSSR count). The van der Waals surface area contributed by atoms with E-state index in [-0.39, 0.29) is 23.6 Å². The van der Waals surface area contributed by atoms with Crippen molar-refractivity contribution >= 4 is 30.5 Å². The molecule has 7 nitrogen and oxygen atoms in total. The van der Waals surface area contributed by atoms with Gasteiger partial charge in [-0.2, -0.15) is 12.6 Å². The second-order valence-electron chi connectivity index (χ2n) is 11.3. The molecule has 1 aromatic rings. The number of hydrogen-bond acceptors (Lipinski definition) is 5. The van der Waals surface area contributed by atoms with Gasteiger partial charge in [0.25, 0.3) is 0 Å². The fourth-order valence-corrected chi connectivity index (χ4v) is 4.67. The third kappa shape index (κ3) is 11.7. The summed E-state index contributed by atoms with van der Waals surface area (Å²) < 4.78 is 5.40. The molecule has 1 aromatic carbocycles. The lowest BCUT2D eigenvalue weighted by atomic mass is 9.95. The maximum absolute atomic E-state index is 14.0. The highest BCUT2D eigenvalue weighted by Crippen LogP contribution is 2.28. The predicted molar refractivity (Wildman–Crippen MR) is 159 cm³/mol. The summed E-state index contributed by atoms with van der Waals surface area (Å²) in [5.74, 6) is -0.472. The molecule has 0 aliphatic heterocycles. The van der Waals surface area contributed by atoms with E-state index in [9.17, 15) is 14.4 Å². The van der Waals surface area contributed by atoms with E-state index in [4.69, 9.17) is 4.74 Å². The van der Waals surface area contributed by atoms with Gasteiger partial charge in [-0.1, -0.05) is 69.7 Å². The highest BCUT2D eigenvalue weighted by Gasteiger charge is 2.36. The number of ether oxygens (including phenoxy) is 1. The van der Waals surface area contributed by atoms with E-state index >= 15 is 0 Å². The van der Waals surface area contributed by atoms with Gasteiger partial charge in [0.1, 0.15) is 17.7 Å². The van der Waals surface area contributed by atoms with E-state index in [1.165, 1.54) is 0 Å². The SMILES string of the molecule is CCCCCCCN(C(=O)C(CS)NC(=O)OC(C)(C)C)C(C(=O)NC(C)CCC)c1cc(C)ccc1C. The minimum Gasteiger partial charge on any atom is -0.444 e. The number of carbonyl (C=O) groups excluding carboxylic acids is 3. The number of hydrogen-bond donors (Lipinski definition) is 3. The van der Waals surface area contributed by atoms with Crippen LogP contribution < -0.4 is 10.6 Å². The highest BCUT2D eigenvalue weighted by molar-refractivity contribution is 7.80. The van der Waals surface area contributed by atoms with E-state index in [1.807, 2.05) is 39.0 Å². The second-order valence-corrected chi connectivity index (χ2v) is 11.7. The summed E-state index contributed by atoms with van der Waals surface area (Å²) in [6.07, 6.45) is 6.13. The molecule has 0 spiro atoms. The highest BCUT2D eigenvalue weighted by atomic mass is 32.1. The number of nitrogens with one attached hydrogen (secondary N) is 2. The molecule has 0 aromatic heterocycles. The molecule has 3 atom stereocenters. The average Bonchev–Trinajstić information content (AvgIpc) is 2.82. The predicted octanol–water partition coefficient (Wildman–Crippen LogP) is 6.27. The first-order valence-corrected chi connectivity index (χ1v) is 14.8. The van der Waals surface area contributed by atoms with Gasteiger partial charge in [0.2, 0.25) is 11.8 Å². The number of aryl methyl sites for hydroxylation is 2. The molecule has 0 bridgehead atoms. The fourth-order valence-electron chi connectivity index (χ4n) is 4.42. The van der Waals surface area contributed by atoms with Gasteiger partial charge in [-0.05, 0) is 65.5 Å². The summed E-state index contributed by atoms with van der Waals surface area (Å²) in [6.45, 7) is 15.9. The number of rotatable bonds is 15. The Kier molecular flexibility index (Phi) is 14.8. The van der Waals surface area contributed by atoms with Crippen LogP contribution in [0.4, 0.5) is 4.79 Å². The van der Waals surface area contributed by atoms with Crippen LogP contribution in [0.15, 0.2) is 18.2 Å². The van der Waals surface area contributed by atoms with Crippen molar-refractivity contribution in [3.05, 3.63) is 34.9 Å². The van der Waals surface area contributed by atoms with Crippen molar-refractivity contribution in [3.8, 4) is 0 Å². The number of unbranched alkanes of at least 4 members (excludes halogenated alkanes) is 4. The van der Waals surface area contributed by atoms with Crippen LogP contribution in [0, 0.1) is 13.8 Å². The lowest BCUT2D eigenvalue weighted by molar-refractivity contribution is -0.142. The number of carbonyl (C=O) groups is 3. The average molecular weight is 550 g/mol. The number of nitrogens with zero attached hydrogens (tertiary/aromatic N) is 1. The van der Waals surface area contributed by atoms with Crippen LogP contribution in [0.2, 0.25) is 0 Å². The summed E-state index contributed by atoms with van der Waals surface area (Å²) in [5.41, 5.74) is 2.04. The third-order valence-electron chi connectivity index (χ3n) is 6.36. The summed E-state index contributed by atoms with van der Waals surface area (Å²) in [4.78, 5) is 42.1. The Morgan fingerprint density at radius 1 is 1.00 bits per heavy atom. The molecule has 2 N–H and O–H groups in total. The Bertz CT molecular complexity index is 900. The minimum absolute atomic E-state index is 0.0258. The van der Waals surface area contributed by atoms with Crippen LogP contribution in [-0.4, -0.2) is 52.8 Å². The topological polar surface area (TPSA) is 87.7 Å². The van der Waals surface area contributed by atoms with Crippen molar-refractivity contribution in [2.45, 2.75) is 124 Å². The summed E-state index contributed by atoms with van der Waals surface area (Å²) in [5, 5.41) is 5.82. The number of alkyl carbamates (subject to hydrolysis) is 1. The largest absolute Gasteiger partial charge is 0.444 e. The molecule has 3 amide bonds. The fraction of sp³-hybridized carbons (Fsp3) is 0.700. The normalized spacial score (nSPS) is 13.8. The Morgan fingerprint density at radius 3 is 2.24 bits per heavy atom. The van der Waals surface area contributed by atoms with E-state index in [0.29, 0.717) is 6.54 Å². The molecule has 3 unspecified atom stereocenters. The molecule has 8 heteroatoms. The summed E-state index contributed by atoms with van der Waals surface area (Å²) >= 11 is 4.38. The van der Waals surface area contributed by atoms with Crippen LogP contribution in [0.5, 0.6) is 0 Å². The molecule has 0 saturated heterocycles. The van der Waals surface area contributed by atoms with Crippen molar-refractivity contribution < 1.29 is 19.1 Å². The first-order chi connectivity index (χ1) is 17.8. The van der Waals surface area contributed by atoms with Gasteiger partial charge in [0.05, 0.1) is 0 Å². The van der Waals surface area contributed by atoms with Gasteiger partial charge < -0.3 is 20.3 Å². The zero-order chi connectivity index (χ0) is 28.9. The van der Waals surface area contributed by atoms with Crippen LogP contribution in [-0.2, 0) is 14.3 Å². The Hall–Kier alpha value is -2.22. The standard InChI is InChI=1S/C30H51N3O4S/c1-9-11-12-13-14-18-33(28(35)25(20-38)32-29(36)37-30(6,7)8)26(27(34)31-23(5)15-10-2)24-19-21(3)16-17-22(24)4/h16-17,19,23,25-26,38H,9-15,18,20H2,1-8H3,(H,31,34)(H,32,36). The molecular formula is C30H51N3O4S. The van der Waals surface area contributed by atoms with Crippen LogP contribution in [0.3, 0.4) is 0 Å². The Labute approximate surface area is 236 Å². The third-order valence-corrected chi connectivity index (χ3v) is 6.72. The maximum Gasteiger partial charge on any atom is 0.408 e. The molecule has 0 aliphatic carbocycles. The van der Waals surface area contributed by atoms with Gasteiger partial charge in [-0.15, -0.1) is 0 Å². The van der Waals surface area contributed by atoms with Gasteiger partial charge in [0, 0.05) is 18.3 Å². The van der Waals surface area contributed by atoms with Gasteiger partial charge in [-0.25, -0.2) is 4.79 Å². The lowest BCUT2D eigenvalue weighted by Gasteiger charge is -2.35. The quantitative estimate of drug-likeness (QED) is 0.178. The van der Waals surface area contributed by atoms with Gasteiger partial charge in [0.15, 0.2) is 0 Å². The number of benzene rings is 1. The van der Waals surface area contributed by atoms with Crippen molar-refractivity contribution in [2.75, 3.05) is 12.3 Å². The van der Waals surface area contributed by atoms with Crippen molar-refractivity contribution in [1.82, 2.24) is 15.5 Å². The van der Waals surface area contributed by atoms with Crippen molar-refractivity contribution in [1.29, 1.82) is 0 Å². The summed E-state index contributed by atoms with van der Waals surface area (Å²) in [7, 11) is 0. The minimum atomic E-state index is -0.933.